The van der Waals surface area contributed by atoms with Crippen molar-refractivity contribution in [3.8, 4) is 5.75 Å². The van der Waals surface area contributed by atoms with Crippen LogP contribution in [0.25, 0.3) is 22.9 Å². The normalized spacial score (nSPS) is 11.4. The predicted octanol–water partition coefficient (Wildman–Crippen LogP) is 5.24. The van der Waals surface area contributed by atoms with E-state index in [-0.39, 0.29) is 11.3 Å². The fourth-order valence-corrected chi connectivity index (χ4v) is 3.11. The van der Waals surface area contributed by atoms with Crippen LogP contribution in [0, 0.1) is 0 Å². The molecule has 4 nitrogen and oxygen atoms in total. The molecule has 3 rings (SSSR count). The molecular weight excluding hydrogens is 336 g/mol. The molecule has 0 saturated carbocycles. The van der Waals surface area contributed by atoms with E-state index in [0.717, 1.165) is 29.4 Å². The molecule has 3 aromatic rings. The lowest BCUT2D eigenvalue weighted by molar-refractivity contribution is 0.475. The lowest BCUT2D eigenvalue weighted by atomic mass is 10.1. The molecule has 0 aliphatic rings. The van der Waals surface area contributed by atoms with Crippen LogP contribution in [0.15, 0.2) is 53.5 Å². The summed E-state index contributed by atoms with van der Waals surface area (Å²) in [6, 6.07) is 12.8. The number of aryl methyl sites for hydroxylation is 1. The minimum Gasteiger partial charge on any atom is -0.508 e. The molecule has 140 valence electrons. The topological polar surface area (TPSA) is 55.1 Å². The zero-order chi connectivity index (χ0) is 19.1. The van der Waals surface area contributed by atoms with Gasteiger partial charge in [-0.15, -0.1) is 0 Å². The highest BCUT2D eigenvalue weighted by molar-refractivity contribution is 5.84. The van der Waals surface area contributed by atoms with E-state index < -0.39 is 0 Å². The van der Waals surface area contributed by atoms with Crippen molar-refractivity contribution in [1.82, 2.24) is 9.78 Å². The van der Waals surface area contributed by atoms with Gasteiger partial charge in [-0.05, 0) is 41.8 Å². The first kappa shape index (κ1) is 18.9. The molecule has 0 aliphatic carbocycles. The van der Waals surface area contributed by atoms with Crippen molar-refractivity contribution in [2.75, 3.05) is 0 Å². The first-order chi connectivity index (χ1) is 13.2. The van der Waals surface area contributed by atoms with Crippen LogP contribution in [0.4, 0.5) is 0 Å². The summed E-state index contributed by atoms with van der Waals surface area (Å²) in [7, 11) is 0. The summed E-state index contributed by atoms with van der Waals surface area (Å²) in [5, 5.41) is 15.2. The third-order valence-electron chi connectivity index (χ3n) is 4.71. The molecule has 0 amide bonds. The minimum atomic E-state index is -0.0166. The Hall–Kier alpha value is -2.88. The second-order valence-electron chi connectivity index (χ2n) is 6.86. The number of phenolic OH excluding ortho intramolecular Hbond substituents is 1. The number of aromatic hydroxyl groups is 1. The monoisotopic (exact) mass is 362 g/mol. The standard InChI is InChI=1S/C23H26N2O2/c1-2-3-4-5-6-15-25-23(27)22-14-11-19(16-20(22)17-24-25)8-7-18-9-12-21(26)13-10-18/h7-14,16-17,26H,2-6,15H2,1H3/b8-7+. The number of hydrogen-bond donors (Lipinski definition) is 1. The average molecular weight is 362 g/mol. The molecule has 1 aromatic heterocycles. The van der Waals surface area contributed by atoms with E-state index in [1.165, 1.54) is 19.3 Å². The third kappa shape index (κ3) is 5.07. The van der Waals surface area contributed by atoms with Gasteiger partial charge in [0.2, 0.25) is 0 Å². The Bertz CT molecular complexity index is 972. The van der Waals surface area contributed by atoms with Crippen LogP contribution in [-0.4, -0.2) is 14.9 Å². The highest BCUT2D eigenvalue weighted by Crippen LogP contribution is 2.16. The Morgan fingerprint density at radius 3 is 2.44 bits per heavy atom. The molecular formula is C23H26N2O2. The van der Waals surface area contributed by atoms with Crippen molar-refractivity contribution in [2.45, 2.75) is 45.6 Å². The summed E-state index contributed by atoms with van der Waals surface area (Å²) in [5.41, 5.74) is 2.00. The molecule has 0 atom stereocenters. The van der Waals surface area contributed by atoms with Gasteiger partial charge in [0.05, 0.1) is 11.6 Å². The van der Waals surface area contributed by atoms with Gasteiger partial charge in [-0.3, -0.25) is 4.79 Å². The summed E-state index contributed by atoms with van der Waals surface area (Å²) in [4.78, 5) is 12.6. The summed E-state index contributed by atoms with van der Waals surface area (Å²) in [5.74, 6) is 0.255. The highest BCUT2D eigenvalue weighted by Gasteiger charge is 2.04. The maximum Gasteiger partial charge on any atom is 0.274 e. The van der Waals surface area contributed by atoms with Crippen LogP contribution in [0.5, 0.6) is 5.75 Å². The summed E-state index contributed by atoms with van der Waals surface area (Å²) in [6.07, 6.45) is 11.6. The molecule has 0 unspecified atom stereocenters. The molecule has 2 aromatic carbocycles. The molecule has 4 heteroatoms. The van der Waals surface area contributed by atoms with E-state index in [1.54, 1.807) is 23.0 Å². The maximum absolute atomic E-state index is 12.6. The van der Waals surface area contributed by atoms with Gasteiger partial charge in [-0.25, -0.2) is 4.68 Å². The van der Waals surface area contributed by atoms with Crippen molar-refractivity contribution < 1.29 is 5.11 Å². The van der Waals surface area contributed by atoms with E-state index in [0.29, 0.717) is 11.9 Å². The fourth-order valence-electron chi connectivity index (χ4n) is 3.11. The van der Waals surface area contributed by atoms with E-state index in [1.807, 2.05) is 42.5 Å². The van der Waals surface area contributed by atoms with Gasteiger partial charge >= 0.3 is 0 Å². The minimum absolute atomic E-state index is 0.0166. The van der Waals surface area contributed by atoms with Gasteiger partial charge in [-0.1, -0.05) is 63.0 Å². The summed E-state index contributed by atoms with van der Waals surface area (Å²) in [6.45, 7) is 2.88. The van der Waals surface area contributed by atoms with Crippen LogP contribution in [-0.2, 0) is 6.54 Å². The molecule has 0 spiro atoms. The van der Waals surface area contributed by atoms with Gasteiger partial charge in [0.1, 0.15) is 5.75 Å². The third-order valence-corrected chi connectivity index (χ3v) is 4.71. The van der Waals surface area contributed by atoms with Crippen molar-refractivity contribution >= 4 is 22.9 Å². The number of hydrogen-bond acceptors (Lipinski definition) is 3. The number of nitrogens with zero attached hydrogens (tertiary/aromatic N) is 2. The van der Waals surface area contributed by atoms with Gasteiger partial charge in [0.25, 0.3) is 5.56 Å². The van der Waals surface area contributed by atoms with Crippen molar-refractivity contribution in [3.63, 3.8) is 0 Å². The molecule has 0 bridgehead atoms. The first-order valence-electron chi connectivity index (χ1n) is 9.64. The highest BCUT2D eigenvalue weighted by atomic mass is 16.3. The number of aromatic nitrogens is 2. The van der Waals surface area contributed by atoms with E-state index in [2.05, 4.69) is 12.0 Å². The molecule has 1 N–H and O–H groups in total. The number of phenols is 1. The zero-order valence-electron chi connectivity index (χ0n) is 15.8. The number of fused-ring (bicyclic) bond motifs is 1. The molecule has 1 heterocycles. The maximum atomic E-state index is 12.6. The van der Waals surface area contributed by atoms with Crippen LogP contribution in [0.1, 0.15) is 50.2 Å². The van der Waals surface area contributed by atoms with Crippen molar-refractivity contribution in [1.29, 1.82) is 0 Å². The molecule has 27 heavy (non-hydrogen) atoms. The predicted molar refractivity (Wildman–Crippen MR) is 112 cm³/mol. The van der Waals surface area contributed by atoms with Crippen LogP contribution in [0.3, 0.4) is 0 Å². The molecule has 0 aliphatic heterocycles. The molecule has 0 radical (unpaired) electrons. The summed E-state index contributed by atoms with van der Waals surface area (Å²) >= 11 is 0. The quantitative estimate of drug-likeness (QED) is 0.440. The van der Waals surface area contributed by atoms with Crippen molar-refractivity contribution in [2.24, 2.45) is 0 Å². The van der Waals surface area contributed by atoms with Crippen LogP contribution >= 0.6 is 0 Å². The Labute approximate surface area is 159 Å². The Morgan fingerprint density at radius 1 is 0.963 bits per heavy atom. The van der Waals surface area contributed by atoms with Gasteiger partial charge in [0.15, 0.2) is 0 Å². The van der Waals surface area contributed by atoms with E-state index in [9.17, 15) is 9.90 Å². The Kier molecular flexibility index (Phi) is 6.42. The second-order valence-corrected chi connectivity index (χ2v) is 6.86. The van der Waals surface area contributed by atoms with Gasteiger partial charge in [0, 0.05) is 11.9 Å². The Balaban J connectivity index is 1.73. The number of benzene rings is 2. The van der Waals surface area contributed by atoms with E-state index >= 15 is 0 Å². The first-order valence-corrected chi connectivity index (χ1v) is 9.64. The summed E-state index contributed by atoms with van der Waals surface area (Å²) < 4.78 is 1.58. The van der Waals surface area contributed by atoms with Gasteiger partial charge in [-0.2, -0.15) is 5.10 Å². The zero-order valence-corrected chi connectivity index (χ0v) is 15.8. The fraction of sp³-hybridized carbons (Fsp3) is 0.304. The van der Waals surface area contributed by atoms with Gasteiger partial charge < -0.3 is 5.11 Å². The largest absolute Gasteiger partial charge is 0.508 e. The van der Waals surface area contributed by atoms with E-state index in [4.69, 9.17) is 0 Å². The Morgan fingerprint density at radius 2 is 1.67 bits per heavy atom. The lowest BCUT2D eigenvalue weighted by Crippen LogP contribution is -2.22. The smallest absolute Gasteiger partial charge is 0.274 e. The number of rotatable bonds is 8. The molecule has 0 fully saturated rings. The van der Waals surface area contributed by atoms with Crippen LogP contribution < -0.4 is 5.56 Å². The second kappa shape index (κ2) is 9.17. The number of unbranched alkanes of at least 4 members (excludes halogenated alkanes) is 4. The average Bonchev–Trinajstić information content (AvgIpc) is 2.69. The SMILES string of the molecule is CCCCCCCn1ncc2cc(/C=C/c3ccc(O)cc3)ccc2c1=O. The lowest BCUT2D eigenvalue weighted by Gasteiger charge is -2.06. The van der Waals surface area contributed by atoms with Crippen molar-refractivity contribution in [3.05, 3.63) is 70.1 Å². The molecule has 0 saturated heterocycles. The van der Waals surface area contributed by atoms with Crippen LogP contribution in [0.2, 0.25) is 0 Å².